The number of nitrogens with zero attached hydrogens (tertiary/aromatic N) is 1. The molecule has 33 heavy (non-hydrogen) atoms. The summed E-state index contributed by atoms with van der Waals surface area (Å²) in [4.78, 5) is 2.59. The summed E-state index contributed by atoms with van der Waals surface area (Å²) in [7, 11) is 1.63. The number of rotatable bonds is 16. The van der Waals surface area contributed by atoms with Crippen molar-refractivity contribution >= 4 is 24.8 Å². The van der Waals surface area contributed by atoms with Crippen LogP contribution in [0.3, 0.4) is 0 Å². The summed E-state index contributed by atoms with van der Waals surface area (Å²) < 4.78 is 25.4. The van der Waals surface area contributed by atoms with Gasteiger partial charge in [-0.3, -0.25) is 0 Å². The van der Waals surface area contributed by atoms with Crippen LogP contribution < -0.4 is 14.8 Å². The minimum atomic E-state index is -0.257. The summed E-state index contributed by atoms with van der Waals surface area (Å²) in [6.07, 6.45) is 6.13. The summed E-state index contributed by atoms with van der Waals surface area (Å²) in [5.74, 6) is 1.09. The molecule has 0 aliphatic rings. The predicted octanol–water partition coefficient (Wildman–Crippen LogP) is 6.64. The lowest BCUT2D eigenvalue weighted by Crippen LogP contribution is -2.29. The van der Waals surface area contributed by atoms with E-state index in [0.29, 0.717) is 23.6 Å². The van der Waals surface area contributed by atoms with Gasteiger partial charge in [0.15, 0.2) is 11.5 Å². The number of hydrogen-bond donors (Lipinski definition) is 1. The number of halogens is 3. The molecule has 0 amide bonds. The normalized spacial score (nSPS) is 10.5. The first kappa shape index (κ1) is 31.5. The van der Waals surface area contributed by atoms with Crippen LogP contribution in [0.15, 0.2) is 42.5 Å². The van der Waals surface area contributed by atoms with Gasteiger partial charge >= 0.3 is 0 Å². The van der Waals surface area contributed by atoms with Crippen LogP contribution in [0.5, 0.6) is 11.5 Å². The quantitative estimate of drug-likeness (QED) is 0.261. The number of hydrogen-bond acceptors (Lipinski definition) is 4. The third-order valence-corrected chi connectivity index (χ3v) is 5.41. The Morgan fingerprint density at radius 3 is 2.12 bits per heavy atom. The van der Waals surface area contributed by atoms with E-state index in [1.54, 1.807) is 19.2 Å². The van der Waals surface area contributed by atoms with Gasteiger partial charge in [0.1, 0.15) is 12.4 Å². The Labute approximate surface area is 212 Å². The molecule has 0 heterocycles. The number of benzene rings is 2. The van der Waals surface area contributed by atoms with E-state index in [4.69, 9.17) is 9.47 Å². The second-order valence-electron chi connectivity index (χ2n) is 7.91. The average Bonchev–Trinajstić information content (AvgIpc) is 2.79. The molecule has 2 rings (SSSR count). The fourth-order valence-corrected chi connectivity index (χ4v) is 3.54. The highest BCUT2D eigenvalue weighted by Crippen LogP contribution is 2.32. The van der Waals surface area contributed by atoms with Crippen molar-refractivity contribution in [2.75, 3.05) is 33.3 Å². The molecule has 188 valence electrons. The van der Waals surface area contributed by atoms with Crippen LogP contribution >= 0.6 is 24.8 Å². The largest absolute Gasteiger partial charge is 0.493 e. The van der Waals surface area contributed by atoms with E-state index in [-0.39, 0.29) is 37.2 Å². The second-order valence-corrected chi connectivity index (χ2v) is 7.91. The molecule has 0 aliphatic heterocycles. The first-order valence-corrected chi connectivity index (χ1v) is 11.6. The summed E-state index contributed by atoms with van der Waals surface area (Å²) in [6.45, 7) is 9.82. The monoisotopic (exact) mass is 502 g/mol. The van der Waals surface area contributed by atoms with E-state index in [9.17, 15) is 4.39 Å². The molecule has 0 saturated heterocycles. The number of nitrogens with one attached hydrogen (secondary N) is 1. The average molecular weight is 504 g/mol. The van der Waals surface area contributed by atoms with Crippen LogP contribution in [-0.2, 0) is 13.2 Å². The van der Waals surface area contributed by atoms with Crippen LogP contribution in [0, 0.1) is 5.82 Å². The molecule has 4 nitrogen and oxygen atoms in total. The third kappa shape index (κ3) is 11.4. The Morgan fingerprint density at radius 1 is 0.848 bits per heavy atom. The highest BCUT2D eigenvalue weighted by atomic mass is 35.5. The van der Waals surface area contributed by atoms with E-state index in [0.717, 1.165) is 25.1 Å². The van der Waals surface area contributed by atoms with Crippen molar-refractivity contribution in [3.05, 3.63) is 59.4 Å². The van der Waals surface area contributed by atoms with Gasteiger partial charge in [0, 0.05) is 17.7 Å². The zero-order valence-corrected chi connectivity index (χ0v) is 21.9. The maximum absolute atomic E-state index is 14.0. The Balaban J connectivity index is 0.00000512. The van der Waals surface area contributed by atoms with Crippen LogP contribution in [0.1, 0.15) is 57.1 Å². The summed E-state index contributed by atoms with van der Waals surface area (Å²) in [5.41, 5.74) is 1.55. The molecule has 2 aromatic carbocycles. The fraction of sp³-hybridized carbons (Fsp3) is 0.538. The SMILES string of the molecule is CCCCN(CCCC)CCCNCc1cccc(OC)c1OCc1ccccc1F.Cl.Cl. The van der Waals surface area contributed by atoms with Crippen LogP contribution in [0.25, 0.3) is 0 Å². The highest BCUT2D eigenvalue weighted by Gasteiger charge is 2.12. The van der Waals surface area contributed by atoms with E-state index >= 15 is 0 Å². The van der Waals surface area contributed by atoms with Crippen molar-refractivity contribution in [3.63, 3.8) is 0 Å². The lowest BCUT2D eigenvalue weighted by molar-refractivity contribution is 0.260. The van der Waals surface area contributed by atoms with Gasteiger partial charge < -0.3 is 19.7 Å². The minimum Gasteiger partial charge on any atom is -0.493 e. The van der Waals surface area contributed by atoms with Gasteiger partial charge in [-0.25, -0.2) is 4.39 Å². The molecule has 0 aromatic heterocycles. The smallest absolute Gasteiger partial charge is 0.166 e. The first-order chi connectivity index (χ1) is 15.2. The maximum atomic E-state index is 14.0. The molecule has 0 fully saturated rings. The summed E-state index contributed by atoms with van der Waals surface area (Å²) in [5, 5.41) is 3.53. The van der Waals surface area contributed by atoms with Gasteiger partial charge in [-0.05, 0) is 57.6 Å². The summed E-state index contributed by atoms with van der Waals surface area (Å²) >= 11 is 0. The lowest BCUT2D eigenvalue weighted by atomic mass is 10.1. The lowest BCUT2D eigenvalue weighted by Gasteiger charge is -2.22. The van der Waals surface area contributed by atoms with Crippen molar-refractivity contribution in [3.8, 4) is 11.5 Å². The van der Waals surface area contributed by atoms with Gasteiger partial charge in [-0.1, -0.05) is 57.0 Å². The molecule has 0 radical (unpaired) electrons. The molecule has 0 bridgehead atoms. The fourth-order valence-electron chi connectivity index (χ4n) is 3.54. The van der Waals surface area contributed by atoms with Gasteiger partial charge in [-0.15, -0.1) is 24.8 Å². The molecule has 0 atom stereocenters. The van der Waals surface area contributed by atoms with Gasteiger partial charge in [0.05, 0.1) is 7.11 Å². The standard InChI is InChI=1S/C26H39FN2O2.2ClH/c1-4-6-17-29(18-7-5-2)19-11-16-28-20-22-13-10-15-25(30-3)26(22)31-21-23-12-8-9-14-24(23)27;;/h8-10,12-15,28H,4-7,11,16-21H2,1-3H3;2*1H. The zero-order valence-electron chi connectivity index (χ0n) is 20.3. The Bertz CT molecular complexity index is 757. The highest BCUT2D eigenvalue weighted by molar-refractivity contribution is 5.85. The summed E-state index contributed by atoms with van der Waals surface area (Å²) in [6, 6.07) is 12.6. The van der Waals surface area contributed by atoms with Crippen molar-refractivity contribution in [2.45, 2.75) is 59.1 Å². The Hall–Kier alpha value is -1.53. The van der Waals surface area contributed by atoms with E-state index in [1.165, 1.54) is 44.8 Å². The molecule has 0 spiro atoms. The minimum absolute atomic E-state index is 0. The van der Waals surface area contributed by atoms with Crippen LogP contribution in [-0.4, -0.2) is 38.2 Å². The van der Waals surface area contributed by atoms with Gasteiger partial charge in [-0.2, -0.15) is 0 Å². The van der Waals surface area contributed by atoms with Gasteiger partial charge in [0.25, 0.3) is 0 Å². The second kappa shape index (κ2) is 18.8. The topological polar surface area (TPSA) is 33.7 Å². The van der Waals surface area contributed by atoms with E-state index < -0.39 is 0 Å². The maximum Gasteiger partial charge on any atom is 0.166 e. The van der Waals surface area contributed by atoms with Crippen LogP contribution in [0.4, 0.5) is 4.39 Å². The molecule has 2 aromatic rings. The van der Waals surface area contributed by atoms with Crippen molar-refractivity contribution in [1.82, 2.24) is 10.2 Å². The van der Waals surface area contributed by atoms with E-state index in [1.807, 2.05) is 24.3 Å². The number of ether oxygens (including phenoxy) is 2. The molecule has 0 unspecified atom stereocenters. The predicted molar refractivity (Wildman–Crippen MR) is 141 cm³/mol. The first-order valence-electron chi connectivity index (χ1n) is 11.6. The number of methoxy groups -OCH3 is 1. The Kier molecular flexibility index (Phi) is 18.0. The molecular weight excluding hydrogens is 462 g/mol. The third-order valence-electron chi connectivity index (χ3n) is 5.41. The van der Waals surface area contributed by atoms with Gasteiger partial charge in [0.2, 0.25) is 0 Å². The van der Waals surface area contributed by atoms with E-state index in [2.05, 4.69) is 24.1 Å². The molecule has 7 heteroatoms. The molecule has 0 saturated carbocycles. The van der Waals surface area contributed by atoms with Crippen LogP contribution in [0.2, 0.25) is 0 Å². The van der Waals surface area contributed by atoms with Crippen molar-refractivity contribution in [1.29, 1.82) is 0 Å². The number of unbranched alkanes of at least 4 members (excludes halogenated alkanes) is 2. The zero-order chi connectivity index (χ0) is 22.3. The number of para-hydroxylation sites is 1. The van der Waals surface area contributed by atoms with Crippen molar-refractivity contribution in [2.24, 2.45) is 0 Å². The molecule has 1 N–H and O–H groups in total. The molecular formula is C26H41Cl2FN2O2. The molecule has 0 aliphatic carbocycles. The van der Waals surface area contributed by atoms with Crippen molar-refractivity contribution < 1.29 is 13.9 Å². The Morgan fingerprint density at radius 2 is 1.48 bits per heavy atom.